The first kappa shape index (κ1) is 17.8. The molecule has 0 unspecified atom stereocenters. The van der Waals surface area contributed by atoms with Crippen molar-refractivity contribution in [3.05, 3.63) is 60.2 Å². The van der Waals surface area contributed by atoms with Crippen molar-refractivity contribution >= 4 is 5.69 Å². The average Bonchev–Trinajstić information content (AvgIpc) is 2.67. The summed E-state index contributed by atoms with van der Waals surface area (Å²) >= 11 is 0. The Kier molecular flexibility index (Phi) is 5.95. The van der Waals surface area contributed by atoms with E-state index >= 15 is 0 Å². The number of hydrogen-bond acceptors (Lipinski definition) is 4. The lowest BCUT2D eigenvalue weighted by molar-refractivity contribution is -0.00971. The Morgan fingerprint density at radius 3 is 2.36 bits per heavy atom. The van der Waals surface area contributed by atoms with Crippen LogP contribution in [0.5, 0.6) is 5.75 Å². The summed E-state index contributed by atoms with van der Waals surface area (Å²) in [5.74, 6) is 0.844. The molecule has 0 atom stereocenters. The van der Waals surface area contributed by atoms with E-state index in [-0.39, 0.29) is 0 Å². The number of hydrogen-bond donors (Lipinski definition) is 2. The van der Waals surface area contributed by atoms with Gasteiger partial charge in [-0.25, -0.2) is 0 Å². The van der Waals surface area contributed by atoms with Crippen LogP contribution in [0, 0.1) is 0 Å². The number of methoxy groups -OCH3 is 1. The summed E-state index contributed by atoms with van der Waals surface area (Å²) in [6.07, 6.45) is 2.69. The fraction of sp³-hybridized carbons (Fsp3) is 0.429. The number of nitrogens with one attached hydrogen (secondary N) is 1. The van der Waals surface area contributed by atoms with Crippen LogP contribution in [0.3, 0.4) is 0 Å². The van der Waals surface area contributed by atoms with Crippen LogP contribution in [0.2, 0.25) is 0 Å². The summed E-state index contributed by atoms with van der Waals surface area (Å²) in [4.78, 5) is 2.45. The molecule has 0 radical (unpaired) electrons. The predicted molar refractivity (Wildman–Crippen MR) is 102 cm³/mol. The van der Waals surface area contributed by atoms with Crippen LogP contribution >= 0.6 is 0 Å². The van der Waals surface area contributed by atoms with E-state index in [0.717, 1.165) is 50.3 Å². The van der Waals surface area contributed by atoms with Gasteiger partial charge >= 0.3 is 0 Å². The molecular formula is C21H28N2O2. The Hall–Kier alpha value is -2.04. The Morgan fingerprint density at radius 2 is 1.72 bits per heavy atom. The zero-order chi connectivity index (χ0) is 17.5. The minimum Gasteiger partial charge on any atom is -0.497 e. The Morgan fingerprint density at radius 1 is 1.04 bits per heavy atom. The maximum atomic E-state index is 10.8. The minimum absolute atomic E-state index is 0.589. The average molecular weight is 340 g/mol. The number of anilines is 1. The lowest BCUT2D eigenvalue weighted by atomic mass is 9.91. The molecular weight excluding hydrogens is 312 g/mol. The van der Waals surface area contributed by atoms with Gasteiger partial charge in [-0.15, -0.1) is 0 Å². The van der Waals surface area contributed by atoms with Gasteiger partial charge in [-0.2, -0.15) is 0 Å². The predicted octanol–water partition coefficient (Wildman–Crippen LogP) is 3.18. The van der Waals surface area contributed by atoms with Crippen LogP contribution in [-0.2, 0) is 6.42 Å². The Bertz CT molecular complexity index is 635. The molecule has 1 heterocycles. The molecule has 4 heteroatoms. The SMILES string of the molecule is COc1ccc(NCC2(O)CCN(CCc3ccccc3)CC2)cc1. The molecule has 0 saturated carbocycles. The lowest BCUT2D eigenvalue weighted by Crippen LogP contribution is -2.48. The normalized spacial score (nSPS) is 17.2. The van der Waals surface area contributed by atoms with Gasteiger partial charge in [0.2, 0.25) is 0 Å². The number of benzene rings is 2. The van der Waals surface area contributed by atoms with Crippen LogP contribution < -0.4 is 10.1 Å². The molecule has 1 aliphatic heterocycles. The van der Waals surface area contributed by atoms with Crippen molar-refractivity contribution in [2.75, 3.05) is 38.6 Å². The second-order valence-corrected chi connectivity index (χ2v) is 6.88. The van der Waals surface area contributed by atoms with E-state index in [2.05, 4.69) is 40.5 Å². The highest BCUT2D eigenvalue weighted by molar-refractivity contribution is 5.46. The van der Waals surface area contributed by atoms with Gasteiger partial charge in [0.05, 0.1) is 12.7 Å². The zero-order valence-electron chi connectivity index (χ0n) is 14.9. The maximum absolute atomic E-state index is 10.8. The molecule has 1 aliphatic rings. The first-order valence-electron chi connectivity index (χ1n) is 9.03. The van der Waals surface area contributed by atoms with Crippen LogP contribution in [0.4, 0.5) is 5.69 Å². The van der Waals surface area contributed by atoms with Crippen LogP contribution in [0.25, 0.3) is 0 Å². The summed E-state index contributed by atoms with van der Waals surface area (Å²) in [6.45, 7) is 3.55. The van der Waals surface area contributed by atoms with Crippen LogP contribution in [0.15, 0.2) is 54.6 Å². The number of rotatable bonds is 7. The van der Waals surface area contributed by atoms with E-state index in [4.69, 9.17) is 4.74 Å². The molecule has 1 fully saturated rings. The molecule has 1 saturated heterocycles. The van der Waals surface area contributed by atoms with Gasteiger partial charge in [0.15, 0.2) is 0 Å². The number of piperidine rings is 1. The van der Waals surface area contributed by atoms with Crippen molar-refractivity contribution in [1.29, 1.82) is 0 Å². The fourth-order valence-electron chi connectivity index (χ4n) is 3.28. The van der Waals surface area contributed by atoms with Crippen molar-refractivity contribution in [2.24, 2.45) is 0 Å². The molecule has 0 aromatic heterocycles. The standard InChI is InChI=1S/C21H28N2O2/c1-25-20-9-7-19(8-10-20)22-17-21(24)12-15-23(16-13-21)14-11-18-5-3-2-4-6-18/h2-10,22,24H,11-17H2,1H3. The van der Waals surface area contributed by atoms with E-state index in [9.17, 15) is 5.11 Å². The highest BCUT2D eigenvalue weighted by Crippen LogP contribution is 2.24. The molecule has 25 heavy (non-hydrogen) atoms. The summed E-state index contributed by atoms with van der Waals surface area (Å²) in [6, 6.07) is 18.4. The van der Waals surface area contributed by atoms with Crippen molar-refractivity contribution in [2.45, 2.75) is 24.9 Å². The second-order valence-electron chi connectivity index (χ2n) is 6.88. The lowest BCUT2D eigenvalue weighted by Gasteiger charge is -2.38. The van der Waals surface area contributed by atoms with E-state index in [1.807, 2.05) is 24.3 Å². The highest BCUT2D eigenvalue weighted by atomic mass is 16.5. The fourth-order valence-corrected chi connectivity index (χ4v) is 3.28. The summed E-state index contributed by atoms with van der Waals surface area (Å²) in [5, 5.41) is 14.2. The number of likely N-dealkylation sites (tertiary alicyclic amines) is 1. The van der Waals surface area contributed by atoms with Gasteiger partial charge in [-0.05, 0) is 49.1 Å². The third-order valence-corrected chi connectivity index (χ3v) is 5.06. The maximum Gasteiger partial charge on any atom is 0.119 e. The Labute approximate surface area is 150 Å². The molecule has 134 valence electrons. The van der Waals surface area contributed by atoms with Crippen LogP contribution in [0.1, 0.15) is 18.4 Å². The smallest absolute Gasteiger partial charge is 0.119 e. The molecule has 0 amide bonds. The molecule has 2 aromatic rings. The topological polar surface area (TPSA) is 44.7 Å². The number of aliphatic hydroxyl groups is 1. The molecule has 0 bridgehead atoms. The Balaban J connectivity index is 1.42. The highest BCUT2D eigenvalue weighted by Gasteiger charge is 2.31. The monoisotopic (exact) mass is 340 g/mol. The van der Waals surface area contributed by atoms with Crippen molar-refractivity contribution in [1.82, 2.24) is 4.90 Å². The summed E-state index contributed by atoms with van der Waals surface area (Å²) in [5.41, 5.74) is 1.77. The zero-order valence-corrected chi connectivity index (χ0v) is 14.9. The van der Waals surface area contributed by atoms with E-state index in [1.54, 1.807) is 7.11 Å². The summed E-state index contributed by atoms with van der Waals surface area (Å²) in [7, 11) is 1.66. The van der Waals surface area contributed by atoms with E-state index in [0.29, 0.717) is 6.54 Å². The quantitative estimate of drug-likeness (QED) is 0.813. The molecule has 0 spiro atoms. The minimum atomic E-state index is -0.622. The van der Waals surface area contributed by atoms with Gasteiger partial charge in [0.25, 0.3) is 0 Å². The van der Waals surface area contributed by atoms with Gasteiger partial charge in [0.1, 0.15) is 5.75 Å². The first-order chi connectivity index (χ1) is 12.2. The molecule has 4 nitrogen and oxygen atoms in total. The molecule has 0 aliphatic carbocycles. The van der Waals surface area contributed by atoms with E-state index < -0.39 is 5.60 Å². The molecule has 2 aromatic carbocycles. The van der Waals surface area contributed by atoms with Crippen molar-refractivity contribution < 1.29 is 9.84 Å². The van der Waals surface area contributed by atoms with Crippen molar-refractivity contribution in [3.63, 3.8) is 0 Å². The summed E-state index contributed by atoms with van der Waals surface area (Å²) < 4.78 is 5.17. The third-order valence-electron chi connectivity index (χ3n) is 5.06. The van der Waals surface area contributed by atoms with Crippen molar-refractivity contribution in [3.8, 4) is 5.75 Å². The van der Waals surface area contributed by atoms with Crippen LogP contribution in [-0.4, -0.2) is 48.9 Å². The second kappa shape index (κ2) is 8.37. The first-order valence-corrected chi connectivity index (χ1v) is 9.03. The molecule has 2 N–H and O–H groups in total. The third kappa shape index (κ3) is 5.21. The van der Waals surface area contributed by atoms with Gasteiger partial charge in [0, 0.05) is 31.9 Å². The number of ether oxygens (including phenoxy) is 1. The van der Waals surface area contributed by atoms with Gasteiger partial charge in [-0.1, -0.05) is 30.3 Å². The largest absolute Gasteiger partial charge is 0.497 e. The number of nitrogens with zero attached hydrogens (tertiary/aromatic N) is 1. The van der Waals surface area contributed by atoms with Gasteiger partial charge < -0.3 is 20.1 Å². The molecule has 3 rings (SSSR count). The van der Waals surface area contributed by atoms with E-state index in [1.165, 1.54) is 5.56 Å². The van der Waals surface area contributed by atoms with Gasteiger partial charge in [-0.3, -0.25) is 0 Å².